The van der Waals surface area contributed by atoms with Crippen molar-refractivity contribution in [2.24, 2.45) is 0 Å². The highest BCUT2D eigenvalue weighted by molar-refractivity contribution is 9.09. The molecule has 0 spiro atoms. The zero-order chi connectivity index (χ0) is 12.0. The quantitative estimate of drug-likeness (QED) is 0.403. The van der Waals surface area contributed by atoms with Crippen LogP contribution in [0.3, 0.4) is 0 Å². The lowest BCUT2D eigenvalue weighted by molar-refractivity contribution is 0.0979. The second-order valence-corrected chi connectivity index (χ2v) is 5.10. The molecule has 1 rings (SSSR count). The molecule has 0 amide bonds. The van der Waals surface area contributed by atoms with Gasteiger partial charge in [0.15, 0.2) is 5.78 Å². The Bertz CT molecular complexity index is 366. The highest BCUT2D eigenvalue weighted by Crippen LogP contribution is 2.26. The molecule has 0 N–H and O–H groups in total. The van der Waals surface area contributed by atoms with Gasteiger partial charge in [-0.1, -0.05) is 51.6 Å². The van der Waals surface area contributed by atoms with E-state index in [4.69, 9.17) is 23.2 Å². The minimum Gasteiger partial charge on any atom is -0.294 e. The summed E-state index contributed by atoms with van der Waals surface area (Å²) in [6.07, 6.45) is 3.58. The van der Waals surface area contributed by atoms with Crippen molar-refractivity contribution in [3.05, 3.63) is 33.8 Å². The first kappa shape index (κ1) is 14.0. The molecule has 0 atom stereocenters. The van der Waals surface area contributed by atoms with Gasteiger partial charge in [-0.05, 0) is 25.0 Å². The average molecular weight is 324 g/mol. The Morgan fingerprint density at radius 3 is 2.62 bits per heavy atom. The van der Waals surface area contributed by atoms with Gasteiger partial charge in [0.25, 0.3) is 0 Å². The summed E-state index contributed by atoms with van der Waals surface area (Å²) >= 11 is 15.2. The number of carbonyl (C=O) groups excluding carboxylic acids is 1. The lowest BCUT2D eigenvalue weighted by Gasteiger charge is -2.04. The molecule has 0 unspecified atom stereocenters. The molecule has 0 aliphatic carbocycles. The molecule has 0 bridgehead atoms. The standard InChI is InChI=1S/C12H13BrCl2O/c13-8-3-1-2-7-11(16)9-5-4-6-10(14)12(9)15/h4-6H,1-3,7-8H2. The zero-order valence-electron chi connectivity index (χ0n) is 8.81. The molecular weight excluding hydrogens is 311 g/mol. The molecule has 0 saturated heterocycles. The van der Waals surface area contributed by atoms with Crippen molar-refractivity contribution in [2.45, 2.75) is 25.7 Å². The van der Waals surface area contributed by atoms with E-state index < -0.39 is 0 Å². The first-order valence-electron chi connectivity index (χ1n) is 5.20. The van der Waals surface area contributed by atoms with Gasteiger partial charge in [-0.15, -0.1) is 0 Å². The van der Waals surface area contributed by atoms with Gasteiger partial charge in [0.2, 0.25) is 0 Å². The number of ketones is 1. The average Bonchev–Trinajstić information content (AvgIpc) is 2.28. The molecule has 0 aromatic heterocycles. The van der Waals surface area contributed by atoms with Crippen LogP contribution >= 0.6 is 39.1 Å². The van der Waals surface area contributed by atoms with E-state index in [-0.39, 0.29) is 5.78 Å². The smallest absolute Gasteiger partial charge is 0.164 e. The Kier molecular flexibility index (Phi) is 6.40. The van der Waals surface area contributed by atoms with Gasteiger partial charge >= 0.3 is 0 Å². The summed E-state index contributed by atoms with van der Waals surface area (Å²) in [4.78, 5) is 11.8. The van der Waals surface area contributed by atoms with Crippen LogP contribution < -0.4 is 0 Å². The third kappa shape index (κ3) is 4.08. The minimum absolute atomic E-state index is 0.0714. The highest BCUT2D eigenvalue weighted by Gasteiger charge is 2.11. The molecular formula is C12H13BrCl2O. The molecule has 88 valence electrons. The van der Waals surface area contributed by atoms with Gasteiger partial charge in [-0.3, -0.25) is 4.79 Å². The van der Waals surface area contributed by atoms with Gasteiger partial charge in [0, 0.05) is 17.3 Å². The Morgan fingerprint density at radius 2 is 1.94 bits per heavy atom. The molecule has 4 heteroatoms. The summed E-state index contributed by atoms with van der Waals surface area (Å²) in [6, 6.07) is 5.16. The predicted molar refractivity (Wildman–Crippen MR) is 73.1 cm³/mol. The number of benzene rings is 1. The fourth-order valence-corrected chi connectivity index (χ4v) is 2.21. The Morgan fingerprint density at radius 1 is 1.19 bits per heavy atom. The van der Waals surface area contributed by atoms with Crippen molar-refractivity contribution in [2.75, 3.05) is 5.33 Å². The van der Waals surface area contributed by atoms with Crippen LogP contribution in [0.4, 0.5) is 0 Å². The van der Waals surface area contributed by atoms with Gasteiger partial charge in [0.05, 0.1) is 10.0 Å². The number of halogens is 3. The number of hydrogen-bond acceptors (Lipinski definition) is 1. The van der Waals surface area contributed by atoms with Gasteiger partial charge < -0.3 is 0 Å². The second kappa shape index (κ2) is 7.31. The number of rotatable bonds is 6. The van der Waals surface area contributed by atoms with Crippen LogP contribution in [-0.2, 0) is 0 Å². The van der Waals surface area contributed by atoms with Crippen LogP contribution in [0.1, 0.15) is 36.0 Å². The van der Waals surface area contributed by atoms with E-state index in [2.05, 4.69) is 15.9 Å². The molecule has 0 saturated carbocycles. The van der Waals surface area contributed by atoms with Gasteiger partial charge in [0.1, 0.15) is 0 Å². The molecule has 1 aromatic rings. The maximum atomic E-state index is 11.8. The Labute approximate surface area is 114 Å². The van der Waals surface area contributed by atoms with Crippen LogP contribution in [0.25, 0.3) is 0 Å². The Hall–Kier alpha value is -0.0500. The zero-order valence-corrected chi connectivity index (χ0v) is 11.9. The third-order valence-electron chi connectivity index (χ3n) is 2.29. The topological polar surface area (TPSA) is 17.1 Å². The predicted octanol–water partition coefficient (Wildman–Crippen LogP) is 5.13. The van der Waals surface area contributed by atoms with Crippen molar-refractivity contribution in [1.29, 1.82) is 0 Å². The van der Waals surface area contributed by atoms with Crippen LogP contribution in [0, 0.1) is 0 Å². The number of carbonyl (C=O) groups is 1. The largest absolute Gasteiger partial charge is 0.294 e. The summed E-state index contributed by atoms with van der Waals surface area (Å²) in [5, 5.41) is 1.79. The monoisotopic (exact) mass is 322 g/mol. The summed E-state index contributed by atoms with van der Waals surface area (Å²) in [6.45, 7) is 0. The molecule has 0 aliphatic rings. The number of alkyl halides is 1. The van der Waals surface area contributed by atoms with E-state index >= 15 is 0 Å². The number of Topliss-reactive ketones (excluding diaryl/α,β-unsaturated/α-hetero) is 1. The first-order chi connectivity index (χ1) is 7.66. The van der Waals surface area contributed by atoms with Crippen LogP contribution in [0.15, 0.2) is 18.2 Å². The summed E-state index contributed by atoms with van der Waals surface area (Å²) in [7, 11) is 0. The molecule has 1 aromatic carbocycles. The van der Waals surface area contributed by atoms with Crippen LogP contribution in [0.5, 0.6) is 0 Å². The van der Waals surface area contributed by atoms with Crippen molar-refractivity contribution < 1.29 is 4.79 Å². The van der Waals surface area contributed by atoms with Crippen molar-refractivity contribution >= 4 is 44.9 Å². The van der Waals surface area contributed by atoms with E-state index in [1.807, 2.05) is 0 Å². The third-order valence-corrected chi connectivity index (χ3v) is 3.67. The number of unbranched alkanes of at least 4 members (excludes halogenated alkanes) is 2. The van der Waals surface area contributed by atoms with E-state index in [1.54, 1.807) is 18.2 Å². The molecule has 0 heterocycles. The fraction of sp³-hybridized carbons (Fsp3) is 0.417. The lowest BCUT2D eigenvalue weighted by Crippen LogP contribution is -2.00. The van der Waals surface area contributed by atoms with Crippen LogP contribution in [0.2, 0.25) is 10.0 Å². The van der Waals surface area contributed by atoms with Gasteiger partial charge in [-0.25, -0.2) is 0 Å². The summed E-state index contributed by atoms with van der Waals surface area (Å²) < 4.78 is 0. The van der Waals surface area contributed by atoms with Crippen molar-refractivity contribution in [3.8, 4) is 0 Å². The summed E-state index contributed by atoms with van der Waals surface area (Å²) in [5.41, 5.74) is 0.535. The molecule has 1 nitrogen and oxygen atoms in total. The SMILES string of the molecule is O=C(CCCCCBr)c1cccc(Cl)c1Cl. The van der Waals surface area contributed by atoms with E-state index in [1.165, 1.54) is 0 Å². The fourth-order valence-electron chi connectivity index (χ4n) is 1.41. The molecule has 0 radical (unpaired) electrons. The van der Waals surface area contributed by atoms with Crippen LogP contribution in [-0.4, -0.2) is 11.1 Å². The van der Waals surface area contributed by atoms with Gasteiger partial charge in [-0.2, -0.15) is 0 Å². The second-order valence-electron chi connectivity index (χ2n) is 3.52. The van der Waals surface area contributed by atoms with E-state index in [0.29, 0.717) is 22.0 Å². The maximum absolute atomic E-state index is 11.8. The number of hydrogen-bond donors (Lipinski definition) is 0. The normalized spacial score (nSPS) is 10.4. The summed E-state index contributed by atoms with van der Waals surface area (Å²) in [5.74, 6) is 0.0714. The van der Waals surface area contributed by atoms with Crippen molar-refractivity contribution in [3.63, 3.8) is 0 Å². The minimum atomic E-state index is 0.0714. The lowest BCUT2D eigenvalue weighted by atomic mass is 10.0. The first-order valence-corrected chi connectivity index (χ1v) is 7.07. The highest BCUT2D eigenvalue weighted by atomic mass is 79.9. The molecule has 0 fully saturated rings. The molecule has 0 aliphatic heterocycles. The van der Waals surface area contributed by atoms with E-state index in [9.17, 15) is 4.79 Å². The van der Waals surface area contributed by atoms with E-state index in [0.717, 1.165) is 24.6 Å². The maximum Gasteiger partial charge on any atom is 0.164 e. The molecule has 16 heavy (non-hydrogen) atoms. The Balaban J connectivity index is 2.56. The van der Waals surface area contributed by atoms with Crippen molar-refractivity contribution in [1.82, 2.24) is 0 Å².